The minimum atomic E-state index is -0.962. The summed E-state index contributed by atoms with van der Waals surface area (Å²) in [6.07, 6.45) is 0.412. The number of nitrogens with zero attached hydrogens (tertiary/aromatic N) is 2. The van der Waals surface area contributed by atoms with Gasteiger partial charge in [0.1, 0.15) is 11.6 Å². The van der Waals surface area contributed by atoms with Gasteiger partial charge in [0.2, 0.25) is 0 Å². The second-order valence-electron chi connectivity index (χ2n) is 8.68. The smallest absolute Gasteiger partial charge is 0.335 e. The van der Waals surface area contributed by atoms with Crippen LogP contribution in [0.15, 0.2) is 66.7 Å². The number of para-hydroxylation sites is 1. The Bertz CT molecular complexity index is 1220. The van der Waals surface area contributed by atoms with Crippen molar-refractivity contribution in [1.29, 1.82) is 0 Å². The molecule has 0 saturated carbocycles. The molecule has 5 nitrogen and oxygen atoms in total. The van der Waals surface area contributed by atoms with Gasteiger partial charge in [-0.2, -0.15) is 0 Å². The lowest BCUT2D eigenvalue weighted by molar-refractivity contribution is 0.00268. The molecule has 3 amide bonds. The van der Waals surface area contributed by atoms with E-state index in [1.54, 1.807) is 4.90 Å². The van der Waals surface area contributed by atoms with Crippen LogP contribution in [0.4, 0.5) is 14.9 Å². The molecule has 1 fully saturated rings. The number of imide groups is 1. The Balaban J connectivity index is 1.68. The van der Waals surface area contributed by atoms with Crippen molar-refractivity contribution in [2.75, 3.05) is 4.90 Å². The maximum atomic E-state index is 13.9. The van der Waals surface area contributed by atoms with Crippen molar-refractivity contribution >= 4 is 17.6 Å². The summed E-state index contributed by atoms with van der Waals surface area (Å²) in [5, 5.41) is 0. The number of benzene rings is 3. The summed E-state index contributed by atoms with van der Waals surface area (Å²) in [6.45, 7) is 5.81. The number of carbonyl (C=O) groups excluding carboxylic acids is 2. The van der Waals surface area contributed by atoms with Crippen LogP contribution in [0.1, 0.15) is 46.4 Å². The lowest BCUT2D eigenvalue weighted by Crippen LogP contribution is -2.67. The zero-order valence-corrected chi connectivity index (χ0v) is 18.1. The van der Waals surface area contributed by atoms with E-state index in [4.69, 9.17) is 4.74 Å². The van der Waals surface area contributed by atoms with E-state index < -0.39 is 29.5 Å². The van der Waals surface area contributed by atoms with E-state index in [0.717, 1.165) is 16.7 Å². The predicted octanol–water partition coefficient (Wildman–Crippen LogP) is 5.76. The number of aryl methyl sites for hydroxylation is 2. The Hall–Kier alpha value is -3.67. The van der Waals surface area contributed by atoms with E-state index in [2.05, 4.69) is 0 Å². The monoisotopic (exact) mass is 430 g/mol. The Labute approximate surface area is 186 Å². The van der Waals surface area contributed by atoms with E-state index in [9.17, 15) is 14.0 Å². The number of urea groups is 1. The molecule has 32 heavy (non-hydrogen) atoms. The topological polar surface area (TPSA) is 49.9 Å². The minimum Gasteiger partial charge on any atom is -0.467 e. The second-order valence-corrected chi connectivity index (χ2v) is 8.68. The summed E-state index contributed by atoms with van der Waals surface area (Å²) in [7, 11) is 0. The second kappa shape index (κ2) is 7.19. The van der Waals surface area contributed by atoms with Crippen molar-refractivity contribution < 1.29 is 18.7 Å². The van der Waals surface area contributed by atoms with Gasteiger partial charge in [-0.25, -0.2) is 9.18 Å². The quantitative estimate of drug-likeness (QED) is 0.519. The van der Waals surface area contributed by atoms with Gasteiger partial charge < -0.3 is 4.74 Å². The highest BCUT2D eigenvalue weighted by molar-refractivity contribution is 6.10. The molecule has 2 unspecified atom stereocenters. The Morgan fingerprint density at radius 2 is 1.69 bits per heavy atom. The van der Waals surface area contributed by atoms with Crippen molar-refractivity contribution in [3.8, 4) is 5.75 Å². The normalized spacial score (nSPS) is 21.8. The summed E-state index contributed by atoms with van der Waals surface area (Å²) in [4.78, 5) is 30.4. The maximum Gasteiger partial charge on any atom is 0.335 e. The highest BCUT2D eigenvalue weighted by Crippen LogP contribution is 2.49. The molecule has 162 valence electrons. The van der Waals surface area contributed by atoms with E-state index in [1.165, 1.54) is 29.2 Å². The third-order valence-electron chi connectivity index (χ3n) is 6.14. The molecule has 6 heteroatoms. The van der Waals surface area contributed by atoms with E-state index in [-0.39, 0.29) is 5.56 Å². The number of ether oxygens (including phenoxy) is 1. The van der Waals surface area contributed by atoms with Crippen LogP contribution in [-0.2, 0) is 0 Å². The van der Waals surface area contributed by atoms with Crippen LogP contribution in [0.5, 0.6) is 5.75 Å². The van der Waals surface area contributed by atoms with Crippen LogP contribution in [0.2, 0.25) is 0 Å². The molecule has 0 N–H and O–H groups in total. The SMILES string of the molecule is Cc1cc(C)cc(N2C(=O)N(C(=O)c3ccc(F)cc3)C3CC2(C)Oc2ccccc23)c1. The summed E-state index contributed by atoms with van der Waals surface area (Å²) in [6, 6.07) is 17.7. The van der Waals surface area contributed by atoms with Crippen LogP contribution in [0, 0.1) is 19.7 Å². The first kappa shape index (κ1) is 20.2. The van der Waals surface area contributed by atoms with Gasteiger partial charge in [-0.15, -0.1) is 0 Å². The molecule has 2 aliphatic heterocycles. The number of fused-ring (bicyclic) bond motifs is 4. The maximum absolute atomic E-state index is 13.9. The molecule has 2 heterocycles. The highest BCUT2D eigenvalue weighted by Gasteiger charge is 2.55. The molecule has 0 radical (unpaired) electrons. The van der Waals surface area contributed by atoms with Crippen molar-refractivity contribution in [3.63, 3.8) is 0 Å². The van der Waals surface area contributed by atoms with Gasteiger partial charge in [-0.1, -0.05) is 24.3 Å². The average molecular weight is 430 g/mol. The van der Waals surface area contributed by atoms with Crippen LogP contribution in [0.3, 0.4) is 0 Å². The van der Waals surface area contributed by atoms with Crippen LogP contribution in [-0.4, -0.2) is 22.6 Å². The molecule has 2 aliphatic rings. The standard InChI is InChI=1S/C26H23FN2O3/c1-16-12-17(2)14-20(13-16)29-25(31)28(24(30)18-8-10-19(27)11-9-18)22-15-26(29,3)32-23-7-5-4-6-21(22)23/h4-14,22H,15H2,1-3H3. The Kier molecular flexibility index (Phi) is 4.55. The fourth-order valence-electron chi connectivity index (χ4n) is 4.83. The third-order valence-corrected chi connectivity index (χ3v) is 6.14. The van der Waals surface area contributed by atoms with Crippen molar-refractivity contribution in [1.82, 2.24) is 4.90 Å². The molecular formula is C26H23FN2O3. The van der Waals surface area contributed by atoms with Gasteiger partial charge in [-0.05, 0) is 74.4 Å². The molecule has 0 spiro atoms. The summed E-state index contributed by atoms with van der Waals surface area (Å²) in [5.41, 5.74) is 2.76. The number of hydrogen-bond acceptors (Lipinski definition) is 3. The zero-order chi connectivity index (χ0) is 22.6. The molecule has 1 saturated heterocycles. The first-order valence-corrected chi connectivity index (χ1v) is 10.6. The fraction of sp³-hybridized carbons (Fsp3) is 0.231. The van der Waals surface area contributed by atoms with Gasteiger partial charge in [0, 0.05) is 23.2 Å². The molecule has 3 aromatic rings. The number of halogens is 1. The van der Waals surface area contributed by atoms with Gasteiger partial charge in [-0.3, -0.25) is 14.6 Å². The molecular weight excluding hydrogens is 407 g/mol. The molecule has 5 rings (SSSR count). The van der Waals surface area contributed by atoms with E-state index in [1.807, 2.05) is 63.2 Å². The van der Waals surface area contributed by atoms with Gasteiger partial charge in [0.05, 0.1) is 6.04 Å². The Morgan fingerprint density at radius 1 is 1.03 bits per heavy atom. The van der Waals surface area contributed by atoms with Crippen molar-refractivity contribution in [2.24, 2.45) is 0 Å². The molecule has 0 aromatic heterocycles. The average Bonchev–Trinajstić information content (AvgIpc) is 2.73. The van der Waals surface area contributed by atoms with Crippen LogP contribution >= 0.6 is 0 Å². The van der Waals surface area contributed by atoms with E-state index in [0.29, 0.717) is 17.9 Å². The molecule has 0 aliphatic carbocycles. The van der Waals surface area contributed by atoms with Crippen LogP contribution in [0.25, 0.3) is 0 Å². The number of amides is 3. The zero-order valence-electron chi connectivity index (χ0n) is 18.1. The lowest BCUT2D eigenvalue weighted by atomic mass is 9.88. The largest absolute Gasteiger partial charge is 0.467 e. The van der Waals surface area contributed by atoms with Gasteiger partial charge in [0.15, 0.2) is 5.72 Å². The van der Waals surface area contributed by atoms with Gasteiger partial charge >= 0.3 is 6.03 Å². The first-order valence-electron chi connectivity index (χ1n) is 10.6. The van der Waals surface area contributed by atoms with Crippen LogP contribution < -0.4 is 9.64 Å². The van der Waals surface area contributed by atoms with Crippen molar-refractivity contribution in [3.05, 3.63) is 94.8 Å². The molecule has 2 atom stereocenters. The van der Waals surface area contributed by atoms with Gasteiger partial charge in [0.25, 0.3) is 5.91 Å². The minimum absolute atomic E-state index is 0.257. The molecule has 2 bridgehead atoms. The summed E-state index contributed by atoms with van der Waals surface area (Å²) < 4.78 is 19.8. The summed E-state index contributed by atoms with van der Waals surface area (Å²) >= 11 is 0. The van der Waals surface area contributed by atoms with E-state index >= 15 is 0 Å². The summed E-state index contributed by atoms with van der Waals surface area (Å²) in [5.74, 6) is -0.259. The molecule has 3 aromatic carbocycles. The number of carbonyl (C=O) groups is 2. The Morgan fingerprint density at radius 3 is 2.38 bits per heavy atom. The first-order chi connectivity index (χ1) is 15.3. The highest BCUT2D eigenvalue weighted by atomic mass is 19.1. The fourth-order valence-corrected chi connectivity index (χ4v) is 4.83. The third kappa shape index (κ3) is 3.14. The van der Waals surface area contributed by atoms with Crippen molar-refractivity contribution in [2.45, 2.75) is 39.0 Å². The number of rotatable bonds is 2. The lowest BCUT2D eigenvalue weighted by Gasteiger charge is -2.53. The number of hydrogen-bond donors (Lipinski definition) is 0. The number of anilines is 1. The predicted molar refractivity (Wildman–Crippen MR) is 119 cm³/mol.